The van der Waals surface area contributed by atoms with Crippen molar-refractivity contribution in [2.24, 2.45) is 5.41 Å². The van der Waals surface area contributed by atoms with Crippen LogP contribution in [0.1, 0.15) is 50.3 Å². The molecule has 0 aromatic carbocycles. The van der Waals surface area contributed by atoms with E-state index in [1.54, 1.807) is 0 Å². The summed E-state index contributed by atoms with van der Waals surface area (Å²) < 4.78 is 11.2. The van der Waals surface area contributed by atoms with Crippen LogP contribution in [0.3, 0.4) is 0 Å². The molecule has 4 heterocycles. The first kappa shape index (κ1) is 17.0. The number of aromatic nitrogens is 2. The minimum atomic E-state index is 0.250. The first-order chi connectivity index (χ1) is 12.1. The minimum Gasteiger partial charge on any atom is -0.424 e. The number of nitrogens with zero attached hydrogens (tertiary/aromatic N) is 4. The van der Waals surface area contributed by atoms with E-state index in [0.29, 0.717) is 24.1 Å². The van der Waals surface area contributed by atoms with Gasteiger partial charge in [-0.25, -0.2) is 0 Å². The van der Waals surface area contributed by atoms with E-state index in [0.717, 1.165) is 71.4 Å². The Bertz CT molecular complexity index is 603. The molecule has 1 aromatic rings. The summed E-state index contributed by atoms with van der Waals surface area (Å²) in [5.41, 5.74) is 0.285. The van der Waals surface area contributed by atoms with E-state index in [1.807, 2.05) is 6.92 Å². The van der Waals surface area contributed by atoms with E-state index >= 15 is 0 Å². The molecule has 1 atom stereocenters. The molecule has 3 fully saturated rings. The number of ether oxygens (including phenoxy) is 1. The number of rotatable bonds is 4. The van der Waals surface area contributed by atoms with Crippen molar-refractivity contribution in [2.75, 3.05) is 32.8 Å². The summed E-state index contributed by atoms with van der Waals surface area (Å²) in [6, 6.07) is 0. The Morgan fingerprint density at radius 2 is 2.08 bits per heavy atom. The third-order valence-electron chi connectivity index (χ3n) is 6.04. The molecule has 0 radical (unpaired) electrons. The SMILES string of the molecule is Cc1nnc(CN2CCC3(CCC(=O)N(C[C@H]4CCCO4)C3)CC2)o1. The van der Waals surface area contributed by atoms with Crippen molar-refractivity contribution in [1.29, 1.82) is 0 Å². The number of likely N-dealkylation sites (tertiary alicyclic amines) is 2. The molecule has 3 saturated heterocycles. The van der Waals surface area contributed by atoms with Gasteiger partial charge in [-0.1, -0.05) is 0 Å². The van der Waals surface area contributed by atoms with Crippen LogP contribution in [0, 0.1) is 12.3 Å². The van der Waals surface area contributed by atoms with Gasteiger partial charge in [0.2, 0.25) is 17.7 Å². The Morgan fingerprint density at radius 1 is 1.24 bits per heavy atom. The molecule has 3 aliphatic rings. The minimum absolute atomic E-state index is 0.250. The molecular formula is C18H28N4O3. The Morgan fingerprint density at radius 3 is 2.76 bits per heavy atom. The summed E-state index contributed by atoms with van der Waals surface area (Å²) in [7, 11) is 0. The number of piperidine rings is 2. The maximum atomic E-state index is 12.3. The Balaban J connectivity index is 1.32. The molecule has 7 heteroatoms. The van der Waals surface area contributed by atoms with Crippen LogP contribution in [0.2, 0.25) is 0 Å². The fourth-order valence-corrected chi connectivity index (χ4v) is 4.49. The van der Waals surface area contributed by atoms with Gasteiger partial charge in [-0.3, -0.25) is 9.69 Å². The lowest BCUT2D eigenvalue weighted by atomic mass is 9.72. The summed E-state index contributed by atoms with van der Waals surface area (Å²) in [6.45, 7) is 7.15. The third-order valence-corrected chi connectivity index (χ3v) is 6.04. The number of carbonyl (C=O) groups is 1. The van der Waals surface area contributed by atoms with Gasteiger partial charge in [0.05, 0.1) is 12.6 Å². The fraction of sp³-hybridized carbons (Fsp3) is 0.833. The maximum absolute atomic E-state index is 12.3. The molecule has 138 valence electrons. The van der Waals surface area contributed by atoms with Gasteiger partial charge < -0.3 is 14.1 Å². The summed E-state index contributed by atoms with van der Waals surface area (Å²) in [5.74, 6) is 1.64. The highest BCUT2D eigenvalue weighted by Crippen LogP contribution is 2.40. The summed E-state index contributed by atoms with van der Waals surface area (Å²) in [6.07, 6.45) is 6.46. The van der Waals surface area contributed by atoms with E-state index in [4.69, 9.17) is 9.15 Å². The summed E-state index contributed by atoms with van der Waals surface area (Å²) in [5, 5.41) is 8.00. The Kier molecular flexibility index (Phi) is 4.78. The number of aryl methyl sites for hydroxylation is 1. The quantitative estimate of drug-likeness (QED) is 0.826. The standard InChI is InChI=1S/C18H28N4O3/c1-14-19-20-16(25-14)12-21-8-6-18(7-9-21)5-4-17(23)22(13-18)11-15-3-2-10-24-15/h15H,2-13H2,1H3/t15-/m1/s1. The molecule has 4 rings (SSSR count). The molecule has 0 bridgehead atoms. The van der Waals surface area contributed by atoms with Crippen molar-refractivity contribution >= 4 is 5.91 Å². The summed E-state index contributed by atoms with van der Waals surface area (Å²) >= 11 is 0. The van der Waals surface area contributed by atoms with Gasteiger partial charge in [0.1, 0.15) is 0 Å². The molecule has 0 saturated carbocycles. The van der Waals surface area contributed by atoms with Gasteiger partial charge in [-0.15, -0.1) is 10.2 Å². The van der Waals surface area contributed by atoms with E-state index in [-0.39, 0.29) is 11.5 Å². The van der Waals surface area contributed by atoms with Crippen LogP contribution >= 0.6 is 0 Å². The second-order valence-electron chi connectivity index (χ2n) is 7.90. The lowest BCUT2D eigenvalue weighted by Gasteiger charge is -2.47. The first-order valence-electron chi connectivity index (χ1n) is 9.53. The number of hydrogen-bond donors (Lipinski definition) is 0. The van der Waals surface area contributed by atoms with Crippen molar-refractivity contribution < 1.29 is 13.9 Å². The van der Waals surface area contributed by atoms with E-state index in [1.165, 1.54) is 0 Å². The molecule has 3 aliphatic heterocycles. The average molecular weight is 348 g/mol. The topological polar surface area (TPSA) is 71.7 Å². The lowest BCUT2D eigenvalue weighted by molar-refractivity contribution is -0.141. The van der Waals surface area contributed by atoms with Gasteiger partial charge in [-0.05, 0) is 50.6 Å². The molecule has 7 nitrogen and oxygen atoms in total. The lowest BCUT2D eigenvalue weighted by Crippen LogP contribution is -2.52. The average Bonchev–Trinajstić information content (AvgIpc) is 3.25. The molecule has 1 aromatic heterocycles. The zero-order chi connectivity index (χ0) is 17.3. The highest BCUT2D eigenvalue weighted by Gasteiger charge is 2.41. The summed E-state index contributed by atoms with van der Waals surface area (Å²) in [4.78, 5) is 16.8. The molecule has 0 unspecified atom stereocenters. The highest BCUT2D eigenvalue weighted by atomic mass is 16.5. The number of hydrogen-bond acceptors (Lipinski definition) is 6. The zero-order valence-corrected chi connectivity index (χ0v) is 15.1. The Labute approximate surface area is 148 Å². The highest BCUT2D eigenvalue weighted by molar-refractivity contribution is 5.77. The van der Waals surface area contributed by atoms with E-state index in [2.05, 4.69) is 20.0 Å². The Hall–Kier alpha value is -1.47. The van der Waals surface area contributed by atoms with Gasteiger partial charge in [0, 0.05) is 33.0 Å². The normalized spacial score (nSPS) is 27.3. The largest absolute Gasteiger partial charge is 0.424 e. The van der Waals surface area contributed by atoms with Crippen molar-refractivity contribution in [3.8, 4) is 0 Å². The van der Waals surface area contributed by atoms with Crippen LogP contribution in [0.25, 0.3) is 0 Å². The molecule has 1 amide bonds. The molecule has 25 heavy (non-hydrogen) atoms. The van der Waals surface area contributed by atoms with Gasteiger partial charge >= 0.3 is 0 Å². The maximum Gasteiger partial charge on any atom is 0.230 e. The first-order valence-corrected chi connectivity index (χ1v) is 9.53. The van der Waals surface area contributed by atoms with Crippen LogP contribution in [0.4, 0.5) is 0 Å². The van der Waals surface area contributed by atoms with Crippen LogP contribution in [0.15, 0.2) is 4.42 Å². The smallest absolute Gasteiger partial charge is 0.230 e. The molecule has 0 aliphatic carbocycles. The van der Waals surface area contributed by atoms with Crippen LogP contribution in [0.5, 0.6) is 0 Å². The van der Waals surface area contributed by atoms with Crippen molar-refractivity contribution in [3.63, 3.8) is 0 Å². The zero-order valence-electron chi connectivity index (χ0n) is 15.1. The monoisotopic (exact) mass is 348 g/mol. The third kappa shape index (κ3) is 3.87. The molecular weight excluding hydrogens is 320 g/mol. The van der Waals surface area contributed by atoms with Crippen LogP contribution in [-0.4, -0.2) is 64.8 Å². The van der Waals surface area contributed by atoms with Gasteiger partial charge in [-0.2, -0.15) is 0 Å². The second kappa shape index (κ2) is 7.03. The number of amides is 1. The predicted molar refractivity (Wildman–Crippen MR) is 90.8 cm³/mol. The van der Waals surface area contributed by atoms with E-state index in [9.17, 15) is 4.79 Å². The fourth-order valence-electron chi connectivity index (χ4n) is 4.49. The van der Waals surface area contributed by atoms with Crippen molar-refractivity contribution in [1.82, 2.24) is 20.0 Å². The second-order valence-corrected chi connectivity index (χ2v) is 7.90. The predicted octanol–water partition coefficient (Wildman–Crippen LogP) is 1.76. The van der Waals surface area contributed by atoms with Crippen LogP contribution < -0.4 is 0 Å². The van der Waals surface area contributed by atoms with Crippen molar-refractivity contribution in [3.05, 3.63) is 11.8 Å². The van der Waals surface area contributed by atoms with E-state index < -0.39 is 0 Å². The number of carbonyl (C=O) groups excluding carboxylic acids is 1. The molecule has 1 spiro atoms. The van der Waals surface area contributed by atoms with Gasteiger partial charge in [0.25, 0.3) is 0 Å². The van der Waals surface area contributed by atoms with Crippen molar-refractivity contribution in [2.45, 2.75) is 58.1 Å². The van der Waals surface area contributed by atoms with Crippen LogP contribution in [-0.2, 0) is 16.1 Å². The van der Waals surface area contributed by atoms with Gasteiger partial charge in [0.15, 0.2) is 0 Å². The molecule has 0 N–H and O–H groups in total.